The van der Waals surface area contributed by atoms with Gasteiger partial charge in [0.15, 0.2) is 0 Å². The van der Waals surface area contributed by atoms with Gasteiger partial charge in [-0.15, -0.1) is 0 Å². The molecule has 0 aliphatic rings. The van der Waals surface area contributed by atoms with Gasteiger partial charge in [-0.2, -0.15) is 0 Å². The molecule has 3 N–H and O–H groups in total. The van der Waals surface area contributed by atoms with E-state index in [9.17, 15) is 15.0 Å². The topological polar surface area (TPSA) is 69.6 Å². The number of rotatable bonds is 59. The third-order valence-corrected chi connectivity index (χ3v) is 14.9. The summed E-state index contributed by atoms with van der Waals surface area (Å²) < 4.78 is 0. The predicted molar refractivity (Wildman–Crippen MR) is 304 cm³/mol. The molecule has 4 nitrogen and oxygen atoms in total. The predicted octanol–water partition coefficient (Wildman–Crippen LogP) is 21.0. The first kappa shape index (κ1) is 66.9. The molecule has 68 heavy (non-hydrogen) atoms. The van der Waals surface area contributed by atoms with Crippen LogP contribution < -0.4 is 5.32 Å². The van der Waals surface area contributed by atoms with E-state index in [0.29, 0.717) is 6.42 Å². The Bertz CT molecular complexity index is 994. The Morgan fingerprint density at radius 2 is 0.574 bits per heavy atom. The summed E-state index contributed by atoms with van der Waals surface area (Å²) in [5.74, 6) is -0.0653. The zero-order valence-electron chi connectivity index (χ0n) is 46.7. The first-order chi connectivity index (χ1) is 33.7. The van der Waals surface area contributed by atoms with E-state index in [0.717, 1.165) is 32.1 Å². The number of carbonyl (C=O) groups is 1. The minimum atomic E-state index is -0.861. The molecule has 0 aromatic heterocycles. The van der Waals surface area contributed by atoms with Crippen molar-refractivity contribution in [1.29, 1.82) is 0 Å². The fourth-order valence-corrected chi connectivity index (χ4v) is 10.1. The van der Waals surface area contributed by atoms with Gasteiger partial charge >= 0.3 is 0 Å². The van der Waals surface area contributed by atoms with Crippen molar-refractivity contribution >= 4 is 5.91 Å². The number of aliphatic hydroxyl groups excluding tert-OH is 2. The molecule has 1 amide bonds. The molecule has 0 heterocycles. The molecule has 0 aliphatic carbocycles. The molecule has 0 aliphatic heterocycles. The average molecular weight is 957 g/mol. The molecule has 0 aromatic carbocycles. The van der Waals surface area contributed by atoms with Gasteiger partial charge < -0.3 is 15.5 Å². The van der Waals surface area contributed by atoms with Gasteiger partial charge in [-0.3, -0.25) is 4.79 Å². The molecule has 0 radical (unpaired) electrons. The number of aliphatic hydroxyl groups is 2. The van der Waals surface area contributed by atoms with E-state index < -0.39 is 12.1 Å². The molecule has 0 aromatic rings. The van der Waals surface area contributed by atoms with Crippen molar-refractivity contribution in [2.75, 3.05) is 6.61 Å². The smallest absolute Gasteiger partial charge is 0.220 e. The molecule has 2 unspecified atom stereocenters. The number of nitrogens with one attached hydrogen (secondary N) is 1. The average Bonchev–Trinajstić information content (AvgIpc) is 3.34. The lowest BCUT2D eigenvalue weighted by Crippen LogP contribution is -2.45. The third kappa shape index (κ3) is 55.8. The molecule has 0 spiro atoms. The summed E-state index contributed by atoms with van der Waals surface area (Å²) in [4.78, 5) is 12.5. The molecule has 0 bridgehead atoms. The Labute approximate surface area is 428 Å². The first-order valence-electron chi connectivity index (χ1n) is 31.6. The van der Waals surface area contributed by atoms with E-state index in [1.54, 1.807) is 6.08 Å². The van der Waals surface area contributed by atoms with Gasteiger partial charge in [0.25, 0.3) is 0 Å². The summed E-state index contributed by atoms with van der Waals surface area (Å²) in [5.41, 5.74) is 0. The highest BCUT2D eigenvalue weighted by atomic mass is 16.3. The summed E-state index contributed by atoms with van der Waals surface area (Å²) in [7, 11) is 0. The monoisotopic (exact) mass is 956 g/mol. The van der Waals surface area contributed by atoms with Crippen molar-refractivity contribution in [3.05, 3.63) is 24.3 Å². The number of hydrogen-bond acceptors (Lipinski definition) is 3. The van der Waals surface area contributed by atoms with Crippen LogP contribution in [0.25, 0.3) is 0 Å². The fraction of sp³-hybridized carbons (Fsp3) is 0.922. The molecule has 2 atom stereocenters. The maximum Gasteiger partial charge on any atom is 0.220 e. The van der Waals surface area contributed by atoms with Crippen molar-refractivity contribution in [1.82, 2.24) is 5.32 Å². The second kappa shape index (κ2) is 60.2. The van der Waals surface area contributed by atoms with E-state index >= 15 is 0 Å². The molecular formula is C64H125NO3. The normalized spacial score (nSPS) is 12.8. The van der Waals surface area contributed by atoms with Crippen LogP contribution >= 0.6 is 0 Å². The third-order valence-electron chi connectivity index (χ3n) is 14.9. The minimum Gasteiger partial charge on any atom is -0.394 e. The summed E-state index contributed by atoms with van der Waals surface area (Å²) in [6, 6.07) is -0.637. The number of carbonyl (C=O) groups excluding carboxylic acids is 1. The Hall–Kier alpha value is -1.13. The van der Waals surface area contributed by atoms with Crippen LogP contribution in [0, 0.1) is 0 Å². The maximum absolute atomic E-state index is 12.5. The Kier molecular flexibility index (Phi) is 59.2. The second-order valence-corrected chi connectivity index (χ2v) is 21.8. The number of unbranched alkanes of at least 4 members (excludes halogenated alkanes) is 50. The Morgan fingerprint density at radius 3 is 0.853 bits per heavy atom. The lowest BCUT2D eigenvalue weighted by atomic mass is 10.0. The second-order valence-electron chi connectivity index (χ2n) is 21.8. The van der Waals surface area contributed by atoms with Gasteiger partial charge in [0.1, 0.15) is 0 Å². The van der Waals surface area contributed by atoms with E-state index in [2.05, 4.69) is 31.3 Å². The first-order valence-corrected chi connectivity index (χ1v) is 31.6. The maximum atomic E-state index is 12.5. The van der Waals surface area contributed by atoms with Gasteiger partial charge in [0, 0.05) is 6.42 Å². The molecular weight excluding hydrogens is 831 g/mol. The zero-order valence-corrected chi connectivity index (χ0v) is 46.7. The van der Waals surface area contributed by atoms with Crippen molar-refractivity contribution in [2.24, 2.45) is 0 Å². The van der Waals surface area contributed by atoms with E-state index in [4.69, 9.17) is 0 Å². The lowest BCUT2D eigenvalue weighted by Gasteiger charge is -2.19. The van der Waals surface area contributed by atoms with Gasteiger partial charge in [0.2, 0.25) is 5.91 Å². The van der Waals surface area contributed by atoms with Crippen LogP contribution in [0.5, 0.6) is 0 Å². The summed E-state index contributed by atoms with van der Waals surface area (Å²) in [6.07, 6.45) is 81.0. The fourth-order valence-electron chi connectivity index (χ4n) is 10.1. The van der Waals surface area contributed by atoms with Gasteiger partial charge in [-0.1, -0.05) is 346 Å². The van der Waals surface area contributed by atoms with E-state index in [-0.39, 0.29) is 12.5 Å². The number of amides is 1. The molecule has 0 saturated carbocycles. The van der Waals surface area contributed by atoms with Crippen molar-refractivity contribution in [2.45, 2.75) is 373 Å². The molecule has 0 rings (SSSR count). The lowest BCUT2D eigenvalue weighted by molar-refractivity contribution is -0.123. The van der Waals surface area contributed by atoms with Crippen LogP contribution in [0.4, 0.5) is 0 Å². The highest BCUT2D eigenvalue weighted by Gasteiger charge is 2.18. The van der Waals surface area contributed by atoms with Crippen LogP contribution in [0.3, 0.4) is 0 Å². The minimum absolute atomic E-state index is 0.0653. The zero-order chi connectivity index (χ0) is 49.2. The van der Waals surface area contributed by atoms with Crippen LogP contribution in [0.2, 0.25) is 0 Å². The Balaban J connectivity index is 3.46. The van der Waals surface area contributed by atoms with Crippen LogP contribution in [0.1, 0.15) is 361 Å². The van der Waals surface area contributed by atoms with Crippen LogP contribution in [0.15, 0.2) is 24.3 Å². The SMILES string of the molecule is CCCCCCCCCCCCCCCCCCCCCCCCCC/C=C/CC/C=C/C(O)C(CO)NC(=O)CCCCCCCCCCCCCCCCCCCCCCCCCCCC. The highest BCUT2D eigenvalue weighted by Crippen LogP contribution is 2.19. The van der Waals surface area contributed by atoms with Crippen molar-refractivity contribution in [3.8, 4) is 0 Å². The van der Waals surface area contributed by atoms with Crippen LogP contribution in [-0.2, 0) is 4.79 Å². The van der Waals surface area contributed by atoms with E-state index in [1.807, 2.05) is 6.08 Å². The Morgan fingerprint density at radius 1 is 0.338 bits per heavy atom. The van der Waals surface area contributed by atoms with Crippen molar-refractivity contribution < 1.29 is 15.0 Å². The summed E-state index contributed by atoms with van der Waals surface area (Å²) in [6.45, 7) is 4.35. The standard InChI is InChI=1S/C64H125NO3/c1-3-5-7-9-11-13-15-17-19-21-23-25-27-29-31-32-33-34-35-37-39-41-43-45-47-49-51-53-55-57-59-63(67)62(61-66)65-64(68)60-58-56-54-52-50-48-46-44-42-40-38-36-30-28-26-24-22-20-18-16-14-12-10-8-6-4-2/h49,51,57,59,62-63,66-67H,3-48,50,52-56,58,60-61H2,1-2H3,(H,65,68)/b51-49+,59-57+. The van der Waals surface area contributed by atoms with Gasteiger partial charge in [0.05, 0.1) is 18.8 Å². The molecule has 0 fully saturated rings. The molecule has 4 heteroatoms. The van der Waals surface area contributed by atoms with Gasteiger partial charge in [-0.25, -0.2) is 0 Å². The van der Waals surface area contributed by atoms with Crippen molar-refractivity contribution in [3.63, 3.8) is 0 Å². The largest absolute Gasteiger partial charge is 0.394 e. The number of hydrogen-bond donors (Lipinski definition) is 3. The summed E-state index contributed by atoms with van der Waals surface area (Å²) in [5, 5.41) is 23.2. The molecule has 0 saturated heterocycles. The van der Waals surface area contributed by atoms with Crippen LogP contribution in [-0.4, -0.2) is 34.9 Å². The molecule has 404 valence electrons. The summed E-state index contributed by atoms with van der Waals surface area (Å²) >= 11 is 0. The van der Waals surface area contributed by atoms with E-state index in [1.165, 1.54) is 308 Å². The van der Waals surface area contributed by atoms with Gasteiger partial charge in [-0.05, 0) is 32.1 Å². The number of allylic oxidation sites excluding steroid dienone is 3. The highest BCUT2D eigenvalue weighted by molar-refractivity contribution is 5.76. The quantitative estimate of drug-likeness (QED) is 0.0420.